The van der Waals surface area contributed by atoms with Gasteiger partial charge in [-0.05, 0) is 43.2 Å². The van der Waals surface area contributed by atoms with E-state index >= 15 is 0 Å². The van der Waals surface area contributed by atoms with E-state index in [9.17, 15) is 22.8 Å². The van der Waals surface area contributed by atoms with E-state index in [-0.39, 0.29) is 63.5 Å². The third-order valence-corrected chi connectivity index (χ3v) is 6.68. The molecule has 2 amide bonds. The average Bonchev–Trinajstić information content (AvgIpc) is 3.51. The van der Waals surface area contributed by atoms with Crippen LogP contribution in [0, 0.1) is 0 Å². The number of nitrogens with one attached hydrogen (secondary N) is 4. The number of rotatable bonds is 7. The van der Waals surface area contributed by atoms with Crippen molar-refractivity contribution >= 4 is 34.8 Å². The summed E-state index contributed by atoms with van der Waals surface area (Å²) in [4.78, 5) is 36.0. The first kappa shape index (κ1) is 27.1. The Labute approximate surface area is 229 Å². The van der Waals surface area contributed by atoms with Gasteiger partial charge in [-0.1, -0.05) is 11.6 Å². The standard InChI is InChI=1S/C25H23ClF3N9O2/c26-18-8-13(2-3-16(18)23(39)36-14-5-12(31)6-14)35-24(40)22-33-10-15(34-22)7-17-20(19-4-1-11(30)9-32-19)37-38-21(17)25(27,28)29/h1-4,8-10,12,14H,5-7,30-31H2,(H,33,34)(H,35,40)(H,36,39)(H,37,38). The quantitative estimate of drug-likeness (QED) is 0.195. The number of amides is 2. The molecule has 0 bridgehead atoms. The molecule has 1 fully saturated rings. The van der Waals surface area contributed by atoms with Crippen LogP contribution in [0.3, 0.4) is 0 Å². The normalized spacial score (nSPS) is 16.8. The highest BCUT2D eigenvalue weighted by Crippen LogP contribution is 2.35. The van der Waals surface area contributed by atoms with E-state index in [1.165, 1.54) is 42.7 Å². The molecule has 3 heterocycles. The number of benzene rings is 1. The SMILES string of the molecule is Nc1ccc(-c2[nH]nc(C(F)(F)F)c2Cc2cnc(C(=O)Nc3ccc(C(=O)NC4CC(N)C4)c(Cl)c3)[nH]2)nc1. The van der Waals surface area contributed by atoms with Crippen LogP contribution in [-0.2, 0) is 12.6 Å². The van der Waals surface area contributed by atoms with Crippen molar-refractivity contribution in [1.82, 2.24) is 30.5 Å². The van der Waals surface area contributed by atoms with Crippen molar-refractivity contribution in [3.05, 3.63) is 76.1 Å². The number of nitrogen functional groups attached to an aromatic ring is 1. The van der Waals surface area contributed by atoms with E-state index in [2.05, 4.69) is 35.8 Å². The Bertz CT molecular complexity index is 1560. The van der Waals surface area contributed by atoms with Gasteiger partial charge in [0.05, 0.1) is 33.9 Å². The van der Waals surface area contributed by atoms with Crippen molar-refractivity contribution in [3.63, 3.8) is 0 Å². The van der Waals surface area contributed by atoms with E-state index in [0.29, 0.717) is 24.2 Å². The van der Waals surface area contributed by atoms with Crippen LogP contribution in [0.5, 0.6) is 0 Å². The van der Waals surface area contributed by atoms with Crippen molar-refractivity contribution in [3.8, 4) is 11.4 Å². The van der Waals surface area contributed by atoms with E-state index in [1.54, 1.807) is 0 Å². The highest BCUT2D eigenvalue weighted by atomic mass is 35.5. The number of imidazole rings is 1. The topological polar surface area (TPSA) is 180 Å². The number of hydrogen-bond acceptors (Lipinski definition) is 7. The Morgan fingerprint density at radius 2 is 1.88 bits per heavy atom. The second kappa shape index (κ2) is 10.6. The summed E-state index contributed by atoms with van der Waals surface area (Å²) < 4.78 is 41.0. The molecule has 0 saturated heterocycles. The van der Waals surface area contributed by atoms with Crippen molar-refractivity contribution in [2.24, 2.45) is 5.73 Å². The zero-order valence-corrected chi connectivity index (χ0v) is 21.4. The fourth-order valence-electron chi connectivity index (χ4n) is 4.30. The minimum Gasteiger partial charge on any atom is -0.397 e. The molecule has 0 radical (unpaired) electrons. The van der Waals surface area contributed by atoms with Crippen LogP contribution in [0.1, 0.15) is 50.8 Å². The summed E-state index contributed by atoms with van der Waals surface area (Å²) in [6.45, 7) is 0. The van der Waals surface area contributed by atoms with Gasteiger partial charge in [-0.3, -0.25) is 19.7 Å². The van der Waals surface area contributed by atoms with Gasteiger partial charge in [0.25, 0.3) is 11.8 Å². The zero-order valence-electron chi connectivity index (χ0n) is 20.6. The lowest BCUT2D eigenvalue weighted by Gasteiger charge is -2.33. The summed E-state index contributed by atoms with van der Waals surface area (Å²) in [6.07, 6.45) is -1.03. The average molecular weight is 574 g/mol. The molecule has 11 nitrogen and oxygen atoms in total. The van der Waals surface area contributed by atoms with E-state index in [1.807, 2.05) is 0 Å². The number of pyridine rings is 1. The number of alkyl halides is 3. The van der Waals surface area contributed by atoms with Crippen LogP contribution >= 0.6 is 11.6 Å². The molecule has 208 valence electrons. The first-order chi connectivity index (χ1) is 19.0. The molecule has 15 heteroatoms. The number of halogens is 4. The highest BCUT2D eigenvalue weighted by molar-refractivity contribution is 6.34. The maximum Gasteiger partial charge on any atom is 0.435 e. The molecule has 8 N–H and O–H groups in total. The van der Waals surface area contributed by atoms with Crippen LogP contribution in [0.15, 0.2) is 42.7 Å². The lowest BCUT2D eigenvalue weighted by Crippen LogP contribution is -2.50. The lowest BCUT2D eigenvalue weighted by molar-refractivity contribution is -0.141. The Morgan fingerprint density at radius 3 is 2.52 bits per heavy atom. The first-order valence-electron chi connectivity index (χ1n) is 12.1. The van der Waals surface area contributed by atoms with E-state index in [4.69, 9.17) is 23.1 Å². The summed E-state index contributed by atoms with van der Waals surface area (Å²) in [5.41, 5.74) is 11.5. The predicted molar refractivity (Wildman–Crippen MR) is 140 cm³/mol. The molecule has 5 rings (SSSR count). The van der Waals surface area contributed by atoms with Gasteiger partial charge in [-0.2, -0.15) is 18.3 Å². The summed E-state index contributed by atoms with van der Waals surface area (Å²) in [6, 6.07) is 7.45. The van der Waals surface area contributed by atoms with Gasteiger partial charge in [0.15, 0.2) is 11.5 Å². The molecule has 3 aromatic heterocycles. The van der Waals surface area contributed by atoms with Crippen molar-refractivity contribution < 1.29 is 22.8 Å². The number of hydrogen-bond donors (Lipinski definition) is 6. The van der Waals surface area contributed by atoms with Crippen molar-refractivity contribution in [2.45, 2.75) is 37.5 Å². The van der Waals surface area contributed by atoms with Gasteiger partial charge in [-0.25, -0.2) is 4.98 Å². The Kier molecular flexibility index (Phi) is 7.21. The molecule has 4 aromatic rings. The van der Waals surface area contributed by atoms with Crippen molar-refractivity contribution in [1.29, 1.82) is 0 Å². The van der Waals surface area contributed by atoms with Gasteiger partial charge in [0.1, 0.15) is 0 Å². The molecule has 0 aliphatic heterocycles. The fraction of sp³-hybridized carbons (Fsp3) is 0.240. The zero-order chi connectivity index (χ0) is 28.6. The lowest BCUT2D eigenvalue weighted by atomic mass is 9.87. The highest BCUT2D eigenvalue weighted by Gasteiger charge is 2.38. The molecule has 40 heavy (non-hydrogen) atoms. The van der Waals surface area contributed by atoms with Gasteiger partial charge in [0.2, 0.25) is 0 Å². The van der Waals surface area contributed by atoms with Gasteiger partial charge in [-0.15, -0.1) is 0 Å². The third kappa shape index (κ3) is 5.77. The summed E-state index contributed by atoms with van der Waals surface area (Å²) in [5, 5.41) is 11.4. The van der Waals surface area contributed by atoms with Gasteiger partial charge < -0.3 is 27.1 Å². The Balaban J connectivity index is 1.30. The van der Waals surface area contributed by atoms with Crippen molar-refractivity contribution in [2.75, 3.05) is 11.1 Å². The molecule has 1 aliphatic carbocycles. The van der Waals surface area contributed by atoms with E-state index < -0.39 is 17.8 Å². The maximum absolute atomic E-state index is 13.7. The number of carbonyl (C=O) groups excluding carboxylic acids is 2. The first-order valence-corrected chi connectivity index (χ1v) is 12.4. The predicted octanol–water partition coefficient (Wildman–Crippen LogP) is 3.51. The molecule has 1 saturated carbocycles. The third-order valence-electron chi connectivity index (χ3n) is 6.37. The number of nitrogens with two attached hydrogens (primary N) is 2. The molecule has 0 atom stereocenters. The number of H-pyrrole nitrogens is 2. The Morgan fingerprint density at radius 1 is 1.10 bits per heavy atom. The second-order valence-electron chi connectivity index (χ2n) is 9.38. The van der Waals surface area contributed by atoms with Crippen LogP contribution in [0.4, 0.5) is 24.5 Å². The van der Waals surface area contributed by atoms with Crippen LogP contribution in [0.25, 0.3) is 11.4 Å². The number of aromatic amines is 2. The van der Waals surface area contributed by atoms with Crippen LogP contribution in [-0.4, -0.2) is 49.0 Å². The molecular formula is C25H23ClF3N9O2. The largest absolute Gasteiger partial charge is 0.435 e. The fourth-order valence-corrected chi connectivity index (χ4v) is 4.57. The molecule has 1 aromatic carbocycles. The molecule has 0 unspecified atom stereocenters. The number of nitrogens with zero attached hydrogens (tertiary/aromatic N) is 3. The van der Waals surface area contributed by atoms with E-state index in [0.717, 1.165) is 0 Å². The smallest absolute Gasteiger partial charge is 0.397 e. The summed E-state index contributed by atoms with van der Waals surface area (Å²) in [5.74, 6) is -1.15. The molecular weight excluding hydrogens is 551 g/mol. The Hall–Kier alpha value is -4.43. The van der Waals surface area contributed by atoms with Crippen LogP contribution < -0.4 is 22.1 Å². The number of aromatic nitrogens is 5. The number of anilines is 2. The minimum atomic E-state index is -4.73. The van der Waals surface area contributed by atoms with Gasteiger partial charge >= 0.3 is 6.18 Å². The van der Waals surface area contributed by atoms with Gasteiger partial charge in [0, 0.05) is 41.6 Å². The number of carbonyl (C=O) groups is 2. The maximum atomic E-state index is 13.7. The minimum absolute atomic E-state index is 0.000753. The van der Waals surface area contributed by atoms with Crippen LogP contribution in [0.2, 0.25) is 5.02 Å². The monoisotopic (exact) mass is 573 g/mol. The molecule has 0 spiro atoms. The summed E-state index contributed by atoms with van der Waals surface area (Å²) >= 11 is 6.26. The molecule has 1 aliphatic rings. The second-order valence-corrected chi connectivity index (χ2v) is 9.79. The summed E-state index contributed by atoms with van der Waals surface area (Å²) in [7, 11) is 0.